The molecule has 1 aromatic heterocycles. The van der Waals surface area contributed by atoms with E-state index >= 15 is 0 Å². The van der Waals surface area contributed by atoms with E-state index in [1.807, 2.05) is 6.20 Å². The van der Waals surface area contributed by atoms with E-state index in [0.29, 0.717) is 6.04 Å². The second-order valence-corrected chi connectivity index (χ2v) is 6.48. The van der Waals surface area contributed by atoms with Gasteiger partial charge in [0, 0.05) is 38.4 Å². The van der Waals surface area contributed by atoms with Crippen molar-refractivity contribution in [2.45, 2.75) is 51.2 Å². The van der Waals surface area contributed by atoms with E-state index in [1.54, 1.807) is 0 Å². The summed E-state index contributed by atoms with van der Waals surface area (Å²) in [5.41, 5.74) is 1.29. The van der Waals surface area contributed by atoms with Crippen molar-refractivity contribution in [2.75, 3.05) is 31.6 Å². The molecule has 1 N–H and O–H groups in total. The summed E-state index contributed by atoms with van der Waals surface area (Å²) in [6.07, 6.45) is 7.35. The SMILES string of the molecule is CCN1CCCC1CN(C)c1ccc(CNC2CC2)cn1. The summed E-state index contributed by atoms with van der Waals surface area (Å²) in [5.74, 6) is 1.09. The number of nitrogens with zero attached hydrogens (tertiary/aromatic N) is 3. The lowest BCUT2D eigenvalue weighted by molar-refractivity contribution is 0.270. The predicted octanol–water partition coefficient (Wildman–Crippen LogP) is 2.25. The van der Waals surface area contributed by atoms with Crippen molar-refractivity contribution in [1.82, 2.24) is 15.2 Å². The van der Waals surface area contributed by atoms with Crippen LogP contribution in [-0.2, 0) is 6.54 Å². The molecule has 3 rings (SSSR count). The third-order valence-electron chi connectivity index (χ3n) is 4.76. The number of aromatic nitrogens is 1. The van der Waals surface area contributed by atoms with E-state index in [9.17, 15) is 0 Å². The number of pyridine rings is 1. The van der Waals surface area contributed by atoms with Crippen molar-refractivity contribution < 1.29 is 0 Å². The predicted molar refractivity (Wildman–Crippen MR) is 87.6 cm³/mol. The van der Waals surface area contributed by atoms with Crippen LogP contribution in [0.4, 0.5) is 5.82 Å². The average Bonchev–Trinajstić information content (AvgIpc) is 3.24. The Morgan fingerprint density at radius 3 is 2.86 bits per heavy atom. The van der Waals surface area contributed by atoms with Crippen LogP contribution in [0.3, 0.4) is 0 Å². The fourth-order valence-corrected chi connectivity index (χ4v) is 3.22. The largest absolute Gasteiger partial charge is 0.358 e. The second-order valence-electron chi connectivity index (χ2n) is 6.48. The Morgan fingerprint density at radius 2 is 2.19 bits per heavy atom. The third kappa shape index (κ3) is 3.95. The Bertz CT molecular complexity index is 441. The maximum atomic E-state index is 4.64. The minimum absolute atomic E-state index is 0.693. The lowest BCUT2D eigenvalue weighted by atomic mass is 10.2. The molecule has 4 nitrogen and oxygen atoms in total. The molecular formula is C17H28N4. The lowest BCUT2D eigenvalue weighted by Gasteiger charge is -2.28. The molecule has 2 fully saturated rings. The molecule has 0 spiro atoms. The molecule has 1 saturated carbocycles. The molecule has 1 aromatic rings. The Morgan fingerprint density at radius 1 is 1.33 bits per heavy atom. The molecule has 2 aliphatic rings. The first-order chi connectivity index (χ1) is 10.3. The molecule has 116 valence electrons. The summed E-state index contributed by atoms with van der Waals surface area (Å²) in [5, 5.41) is 3.53. The van der Waals surface area contributed by atoms with Gasteiger partial charge in [0.05, 0.1) is 0 Å². The fourth-order valence-electron chi connectivity index (χ4n) is 3.22. The summed E-state index contributed by atoms with van der Waals surface area (Å²) in [6, 6.07) is 5.82. The zero-order valence-electron chi connectivity index (χ0n) is 13.4. The molecule has 1 atom stereocenters. The van der Waals surface area contributed by atoms with Crippen molar-refractivity contribution in [3.8, 4) is 0 Å². The molecular weight excluding hydrogens is 260 g/mol. The van der Waals surface area contributed by atoms with Crippen molar-refractivity contribution in [3.05, 3.63) is 23.9 Å². The van der Waals surface area contributed by atoms with Crippen LogP contribution in [0.15, 0.2) is 18.3 Å². The molecule has 0 bridgehead atoms. The summed E-state index contributed by atoms with van der Waals surface area (Å²) in [7, 11) is 2.16. The second kappa shape index (κ2) is 6.75. The van der Waals surface area contributed by atoms with Gasteiger partial charge in [0.15, 0.2) is 0 Å². The molecule has 1 unspecified atom stereocenters. The fraction of sp³-hybridized carbons (Fsp3) is 0.706. The highest BCUT2D eigenvalue weighted by molar-refractivity contribution is 5.38. The van der Waals surface area contributed by atoms with Crippen LogP contribution in [0.5, 0.6) is 0 Å². The monoisotopic (exact) mass is 288 g/mol. The van der Waals surface area contributed by atoms with Gasteiger partial charge in [-0.25, -0.2) is 4.98 Å². The topological polar surface area (TPSA) is 31.4 Å². The summed E-state index contributed by atoms with van der Waals surface area (Å²) >= 11 is 0. The highest BCUT2D eigenvalue weighted by Gasteiger charge is 2.24. The molecule has 21 heavy (non-hydrogen) atoms. The highest BCUT2D eigenvalue weighted by Crippen LogP contribution is 2.21. The van der Waals surface area contributed by atoms with Gasteiger partial charge in [-0.05, 0) is 50.4 Å². The van der Waals surface area contributed by atoms with E-state index in [-0.39, 0.29) is 0 Å². The quantitative estimate of drug-likeness (QED) is 0.834. The first-order valence-corrected chi connectivity index (χ1v) is 8.39. The van der Waals surface area contributed by atoms with Gasteiger partial charge in [0.1, 0.15) is 5.82 Å². The first-order valence-electron chi connectivity index (χ1n) is 8.39. The molecule has 2 heterocycles. The van der Waals surface area contributed by atoms with E-state index in [2.05, 4.69) is 46.2 Å². The van der Waals surface area contributed by atoms with Gasteiger partial charge in [0.2, 0.25) is 0 Å². The first kappa shape index (κ1) is 14.8. The number of likely N-dealkylation sites (N-methyl/N-ethyl adjacent to an activating group) is 2. The zero-order chi connectivity index (χ0) is 14.7. The minimum atomic E-state index is 0.693. The van der Waals surface area contributed by atoms with E-state index < -0.39 is 0 Å². The van der Waals surface area contributed by atoms with Gasteiger partial charge in [-0.3, -0.25) is 4.90 Å². The van der Waals surface area contributed by atoms with Crippen LogP contribution in [0.1, 0.15) is 38.2 Å². The summed E-state index contributed by atoms with van der Waals surface area (Å²) in [4.78, 5) is 9.53. The van der Waals surface area contributed by atoms with Gasteiger partial charge < -0.3 is 10.2 Å². The maximum absolute atomic E-state index is 4.64. The van der Waals surface area contributed by atoms with Crippen LogP contribution in [0, 0.1) is 0 Å². The van der Waals surface area contributed by atoms with Gasteiger partial charge >= 0.3 is 0 Å². The minimum Gasteiger partial charge on any atom is -0.358 e. The number of rotatable bonds is 7. The van der Waals surface area contributed by atoms with E-state index in [0.717, 1.165) is 31.5 Å². The van der Waals surface area contributed by atoms with Gasteiger partial charge in [-0.1, -0.05) is 13.0 Å². The van der Waals surface area contributed by atoms with Crippen LogP contribution in [-0.4, -0.2) is 48.6 Å². The van der Waals surface area contributed by atoms with Crippen LogP contribution < -0.4 is 10.2 Å². The van der Waals surface area contributed by atoms with Crippen molar-refractivity contribution in [2.24, 2.45) is 0 Å². The number of likely N-dealkylation sites (tertiary alicyclic amines) is 1. The Hall–Kier alpha value is -1.13. The number of nitrogens with one attached hydrogen (secondary N) is 1. The Labute approximate surface area is 128 Å². The van der Waals surface area contributed by atoms with Crippen LogP contribution in [0.25, 0.3) is 0 Å². The standard InChI is InChI=1S/C17H28N4/c1-3-21-10-4-5-16(21)13-20(2)17-9-6-14(12-19-17)11-18-15-7-8-15/h6,9,12,15-16,18H,3-5,7-8,10-11,13H2,1-2H3. The van der Waals surface area contributed by atoms with Crippen molar-refractivity contribution in [1.29, 1.82) is 0 Å². The maximum Gasteiger partial charge on any atom is 0.128 e. The third-order valence-corrected chi connectivity index (χ3v) is 4.76. The normalized spacial score (nSPS) is 22.7. The lowest BCUT2D eigenvalue weighted by Crippen LogP contribution is -2.39. The zero-order valence-corrected chi connectivity index (χ0v) is 13.4. The molecule has 0 aromatic carbocycles. The molecule has 1 saturated heterocycles. The van der Waals surface area contributed by atoms with Gasteiger partial charge in [0.25, 0.3) is 0 Å². The van der Waals surface area contributed by atoms with E-state index in [4.69, 9.17) is 0 Å². The van der Waals surface area contributed by atoms with E-state index in [1.165, 1.54) is 37.8 Å². The summed E-state index contributed by atoms with van der Waals surface area (Å²) in [6.45, 7) is 6.72. The smallest absolute Gasteiger partial charge is 0.128 e. The molecule has 4 heteroatoms. The molecule has 1 aliphatic heterocycles. The number of anilines is 1. The van der Waals surface area contributed by atoms with Crippen LogP contribution in [0.2, 0.25) is 0 Å². The van der Waals surface area contributed by atoms with Crippen LogP contribution >= 0.6 is 0 Å². The molecule has 0 amide bonds. The average molecular weight is 288 g/mol. The Kier molecular flexibility index (Phi) is 4.76. The summed E-state index contributed by atoms with van der Waals surface area (Å²) < 4.78 is 0. The number of hydrogen-bond acceptors (Lipinski definition) is 4. The van der Waals surface area contributed by atoms with Crippen molar-refractivity contribution in [3.63, 3.8) is 0 Å². The van der Waals surface area contributed by atoms with Crippen molar-refractivity contribution >= 4 is 5.82 Å². The molecule has 0 radical (unpaired) electrons. The Balaban J connectivity index is 1.52. The number of hydrogen-bond donors (Lipinski definition) is 1. The van der Waals surface area contributed by atoms with Gasteiger partial charge in [-0.15, -0.1) is 0 Å². The highest BCUT2D eigenvalue weighted by atomic mass is 15.2. The molecule has 1 aliphatic carbocycles. The van der Waals surface area contributed by atoms with Gasteiger partial charge in [-0.2, -0.15) is 0 Å².